The second-order valence-corrected chi connectivity index (χ2v) is 8.28. The third-order valence-corrected chi connectivity index (χ3v) is 5.39. The molecule has 0 aliphatic carbocycles. The van der Waals surface area contributed by atoms with E-state index in [2.05, 4.69) is 31.3 Å². The van der Waals surface area contributed by atoms with Crippen LogP contribution in [-0.2, 0) is 0 Å². The van der Waals surface area contributed by atoms with Crippen LogP contribution in [0.15, 0.2) is 71.2 Å². The van der Waals surface area contributed by atoms with Gasteiger partial charge in [0.05, 0.1) is 5.69 Å². The highest BCUT2D eigenvalue weighted by molar-refractivity contribution is 9.10. The monoisotopic (exact) mass is 480 g/mol. The molecule has 0 aliphatic rings. The van der Waals surface area contributed by atoms with Crippen molar-refractivity contribution in [1.29, 1.82) is 0 Å². The molecule has 4 rings (SSSR count). The molecule has 0 saturated heterocycles. The van der Waals surface area contributed by atoms with Gasteiger partial charge in [0, 0.05) is 20.7 Å². The number of carbonyl (C=O) groups is 1. The molecular formula is C23H18BrClN4O. The molecule has 1 N–H and O–H groups in total. The number of rotatable bonds is 4. The van der Waals surface area contributed by atoms with Crippen molar-refractivity contribution < 1.29 is 4.79 Å². The van der Waals surface area contributed by atoms with E-state index in [0.717, 1.165) is 32.5 Å². The summed E-state index contributed by atoms with van der Waals surface area (Å²) in [5.41, 5.74) is 4.45. The van der Waals surface area contributed by atoms with Gasteiger partial charge >= 0.3 is 0 Å². The Labute approximate surface area is 187 Å². The van der Waals surface area contributed by atoms with E-state index < -0.39 is 0 Å². The number of hydrogen-bond donors (Lipinski definition) is 1. The Balaban J connectivity index is 1.75. The normalized spacial score (nSPS) is 10.8. The smallest absolute Gasteiger partial charge is 0.295 e. The van der Waals surface area contributed by atoms with E-state index in [4.69, 9.17) is 11.6 Å². The first-order valence-electron chi connectivity index (χ1n) is 9.28. The number of aryl methyl sites for hydroxylation is 2. The average molecular weight is 482 g/mol. The van der Waals surface area contributed by atoms with Crippen LogP contribution in [0.1, 0.15) is 21.7 Å². The molecule has 0 saturated carbocycles. The van der Waals surface area contributed by atoms with Gasteiger partial charge < -0.3 is 5.32 Å². The van der Waals surface area contributed by atoms with E-state index >= 15 is 0 Å². The lowest BCUT2D eigenvalue weighted by Crippen LogP contribution is -2.15. The Hall–Kier alpha value is -2.96. The summed E-state index contributed by atoms with van der Waals surface area (Å²) in [4.78, 5) is 17.5. The fraction of sp³-hybridized carbons (Fsp3) is 0.0870. The molecule has 1 amide bonds. The second-order valence-electron chi connectivity index (χ2n) is 6.93. The lowest BCUT2D eigenvalue weighted by atomic mass is 10.1. The number of nitrogens with zero attached hydrogens (tertiary/aromatic N) is 3. The lowest BCUT2D eigenvalue weighted by molar-refractivity contribution is 0.101. The SMILES string of the molecule is Cc1ccc(NC(=O)c2nc(-c3ccc(Br)cc3)n(-c3ccc(Cl)cc3)n2)c(C)c1. The van der Waals surface area contributed by atoms with Gasteiger partial charge in [0.2, 0.25) is 5.82 Å². The van der Waals surface area contributed by atoms with Crippen LogP contribution in [0.4, 0.5) is 5.69 Å². The predicted molar refractivity (Wildman–Crippen MR) is 123 cm³/mol. The van der Waals surface area contributed by atoms with Gasteiger partial charge in [0.15, 0.2) is 5.82 Å². The van der Waals surface area contributed by atoms with Gasteiger partial charge in [-0.15, -0.1) is 5.10 Å². The first kappa shape index (κ1) is 20.3. The lowest BCUT2D eigenvalue weighted by Gasteiger charge is -2.07. The van der Waals surface area contributed by atoms with Crippen LogP contribution in [-0.4, -0.2) is 20.7 Å². The summed E-state index contributed by atoms with van der Waals surface area (Å²) >= 11 is 9.48. The van der Waals surface area contributed by atoms with E-state index in [0.29, 0.717) is 10.8 Å². The molecule has 0 atom stereocenters. The molecule has 0 fully saturated rings. The van der Waals surface area contributed by atoms with Gasteiger partial charge in [-0.3, -0.25) is 4.79 Å². The highest BCUT2D eigenvalue weighted by atomic mass is 79.9. The zero-order chi connectivity index (χ0) is 21.3. The van der Waals surface area contributed by atoms with Crippen LogP contribution < -0.4 is 5.32 Å². The molecule has 0 radical (unpaired) electrons. The van der Waals surface area contributed by atoms with Crippen molar-refractivity contribution in [2.45, 2.75) is 13.8 Å². The van der Waals surface area contributed by atoms with Gasteiger partial charge in [-0.05, 0) is 61.9 Å². The Morgan fingerprint density at radius 1 is 1.00 bits per heavy atom. The molecule has 1 heterocycles. The summed E-state index contributed by atoms with van der Waals surface area (Å²) in [5, 5.41) is 8.02. The highest BCUT2D eigenvalue weighted by Crippen LogP contribution is 2.25. The number of aromatic nitrogens is 3. The molecular weight excluding hydrogens is 464 g/mol. The van der Waals surface area contributed by atoms with Crippen molar-refractivity contribution >= 4 is 39.1 Å². The van der Waals surface area contributed by atoms with Gasteiger partial charge in [-0.1, -0.05) is 57.4 Å². The molecule has 7 heteroatoms. The summed E-state index contributed by atoms with van der Waals surface area (Å²) in [6.45, 7) is 3.97. The molecule has 30 heavy (non-hydrogen) atoms. The summed E-state index contributed by atoms with van der Waals surface area (Å²) < 4.78 is 2.60. The first-order chi connectivity index (χ1) is 14.4. The van der Waals surface area contributed by atoms with Gasteiger partial charge in [0.1, 0.15) is 0 Å². The molecule has 0 unspecified atom stereocenters. The van der Waals surface area contributed by atoms with Crippen LogP contribution in [0.25, 0.3) is 17.1 Å². The summed E-state index contributed by atoms with van der Waals surface area (Å²) in [7, 11) is 0. The Bertz CT molecular complexity index is 1150. The maximum absolute atomic E-state index is 12.9. The molecule has 150 valence electrons. The number of hydrogen-bond acceptors (Lipinski definition) is 3. The van der Waals surface area contributed by atoms with Crippen molar-refractivity contribution in [3.05, 3.63) is 93.2 Å². The number of nitrogens with one attached hydrogen (secondary N) is 1. The number of halogens is 2. The van der Waals surface area contributed by atoms with Crippen LogP contribution in [0.3, 0.4) is 0 Å². The molecule has 1 aromatic heterocycles. The number of amides is 1. The quantitative estimate of drug-likeness (QED) is 0.376. The molecule has 0 bridgehead atoms. The van der Waals surface area contributed by atoms with Gasteiger partial charge in [-0.25, -0.2) is 9.67 Å². The second kappa shape index (κ2) is 8.42. The van der Waals surface area contributed by atoms with Crippen molar-refractivity contribution in [2.75, 3.05) is 5.32 Å². The Morgan fingerprint density at radius 2 is 1.70 bits per heavy atom. The van der Waals surface area contributed by atoms with Crippen molar-refractivity contribution in [1.82, 2.24) is 14.8 Å². The van der Waals surface area contributed by atoms with E-state index in [9.17, 15) is 4.79 Å². The largest absolute Gasteiger partial charge is 0.319 e. The molecule has 5 nitrogen and oxygen atoms in total. The maximum atomic E-state index is 12.9. The number of carbonyl (C=O) groups excluding carboxylic acids is 1. The summed E-state index contributed by atoms with van der Waals surface area (Å²) in [5.74, 6) is 0.284. The third-order valence-electron chi connectivity index (χ3n) is 4.61. The Kier molecular flexibility index (Phi) is 5.70. The van der Waals surface area contributed by atoms with E-state index in [1.807, 2.05) is 68.4 Å². The molecule has 0 spiro atoms. The van der Waals surface area contributed by atoms with Gasteiger partial charge in [0.25, 0.3) is 5.91 Å². The molecule has 3 aromatic carbocycles. The van der Waals surface area contributed by atoms with Crippen LogP contribution in [0.2, 0.25) is 5.02 Å². The Morgan fingerprint density at radius 3 is 2.37 bits per heavy atom. The highest BCUT2D eigenvalue weighted by Gasteiger charge is 2.19. The zero-order valence-electron chi connectivity index (χ0n) is 16.4. The topological polar surface area (TPSA) is 59.8 Å². The minimum atomic E-state index is -0.368. The summed E-state index contributed by atoms with van der Waals surface area (Å²) in [6.07, 6.45) is 0. The zero-order valence-corrected chi connectivity index (χ0v) is 18.7. The van der Waals surface area contributed by atoms with Crippen molar-refractivity contribution in [2.24, 2.45) is 0 Å². The number of benzene rings is 3. The van der Waals surface area contributed by atoms with Crippen LogP contribution >= 0.6 is 27.5 Å². The third kappa shape index (κ3) is 4.30. The van der Waals surface area contributed by atoms with Crippen molar-refractivity contribution in [3.8, 4) is 17.1 Å². The van der Waals surface area contributed by atoms with E-state index in [-0.39, 0.29) is 11.7 Å². The maximum Gasteiger partial charge on any atom is 0.295 e. The minimum Gasteiger partial charge on any atom is -0.319 e. The van der Waals surface area contributed by atoms with E-state index in [1.165, 1.54) is 0 Å². The number of anilines is 1. The van der Waals surface area contributed by atoms with Crippen molar-refractivity contribution in [3.63, 3.8) is 0 Å². The van der Waals surface area contributed by atoms with E-state index in [1.54, 1.807) is 16.8 Å². The predicted octanol–water partition coefficient (Wildman–Crippen LogP) is 6.22. The molecule has 4 aromatic rings. The fourth-order valence-corrected chi connectivity index (χ4v) is 3.48. The first-order valence-corrected chi connectivity index (χ1v) is 10.5. The van der Waals surface area contributed by atoms with Gasteiger partial charge in [-0.2, -0.15) is 0 Å². The summed E-state index contributed by atoms with van der Waals surface area (Å²) in [6, 6.07) is 20.8. The van der Waals surface area contributed by atoms with Crippen LogP contribution in [0.5, 0.6) is 0 Å². The minimum absolute atomic E-state index is 0.0860. The fourth-order valence-electron chi connectivity index (χ4n) is 3.09. The average Bonchev–Trinajstić information content (AvgIpc) is 3.17. The standard InChI is InChI=1S/C23H18BrClN4O/c1-14-3-12-20(15(2)13-14)26-23(30)21-27-22(16-4-6-17(24)7-5-16)29(28-21)19-10-8-18(25)9-11-19/h3-13H,1-2H3,(H,26,30). The van der Waals surface area contributed by atoms with Crippen LogP contribution in [0, 0.1) is 13.8 Å². The molecule has 0 aliphatic heterocycles.